The van der Waals surface area contributed by atoms with Crippen LogP contribution in [0.2, 0.25) is 0 Å². The third-order valence-electron chi connectivity index (χ3n) is 7.82. The number of carbonyl (C=O) groups excluding carboxylic acids is 1. The molecule has 0 radical (unpaired) electrons. The van der Waals surface area contributed by atoms with E-state index in [1.807, 2.05) is 13.8 Å². The fourth-order valence-corrected chi connectivity index (χ4v) is 5.32. The first-order valence-corrected chi connectivity index (χ1v) is 14.8. The van der Waals surface area contributed by atoms with Crippen molar-refractivity contribution in [3.8, 4) is 0 Å². The Hall–Kier alpha value is -1.89. The fourth-order valence-electron chi connectivity index (χ4n) is 5.32. The van der Waals surface area contributed by atoms with Gasteiger partial charge in [0.15, 0.2) is 0 Å². The number of rotatable bonds is 25. The van der Waals surface area contributed by atoms with Crippen LogP contribution in [0, 0.1) is 17.8 Å². The molecule has 0 aromatic carbocycles. The van der Waals surface area contributed by atoms with E-state index in [1.54, 1.807) is 6.92 Å². The molecule has 0 amide bonds. The van der Waals surface area contributed by atoms with E-state index >= 15 is 0 Å². The van der Waals surface area contributed by atoms with Crippen LogP contribution in [0.15, 0.2) is 12.2 Å². The van der Waals surface area contributed by atoms with Crippen LogP contribution in [0.4, 0.5) is 0 Å². The number of hydrogen-bond donors (Lipinski definition) is 2. The van der Waals surface area contributed by atoms with E-state index in [9.17, 15) is 29.7 Å². The van der Waals surface area contributed by atoms with Gasteiger partial charge >= 0.3 is 11.9 Å². The van der Waals surface area contributed by atoms with Crippen molar-refractivity contribution >= 4 is 17.9 Å². The van der Waals surface area contributed by atoms with Crippen LogP contribution < -0.4 is 5.11 Å². The lowest BCUT2D eigenvalue weighted by Crippen LogP contribution is -2.59. The summed E-state index contributed by atoms with van der Waals surface area (Å²) in [5.74, 6) is -4.95. The van der Waals surface area contributed by atoms with Crippen molar-refractivity contribution in [3.05, 3.63) is 12.2 Å². The van der Waals surface area contributed by atoms with Crippen molar-refractivity contribution in [1.29, 1.82) is 0 Å². The Morgan fingerprint density at radius 1 is 0.676 bits per heavy atom. The number of nitrogens with zero attached hydrogens (tertiary/aromatic N) is 1. The molecule has 0 bridgehead atoms. The molecule has 0 fully saturated rings. The quantitative estimate of drug-likeness (QED) is 0.0902. The van der Waals surface area contributed by atoms with Crippen LogP contribution in [0.5, 0.6) is 0 Å². The van der Waals surface area contributed by atoms with E-state index < -0.39 is 35.7 Å². The van der Waals surface area contributed by atoms with E-state index in [4.69, 9.17) is 0 Å². The van der Waals surface area contributed by atoms with Gasteiger partial charge in [0.2, 0.25) is 0 Å². The second kappa shape index (κ2) is 21.1. The van der Waals surface area contributed by atoms with Gasteiger partial charge < -0.3 is 24.6 Å². The van der Waals surface area contributed by atoms with Crippen LogP contribution in [-0.2, 0) is 14.4 Å². The fraction of sp³-hybridized carbons (Fsp3) is 0.833. The smallest absolute Gasteiger partial charge is 0.312 e. The number of carboxylic acids is 3. The minimum atomic E-state index is -1.14. The van der Waals surface area contributed by atoms with Gasteiger partial charge in [-0.2, -0.15) is 0 Å². The largest absolute Gasteiger partial charge is 0.550 e. The Kier molecular flexibility index (Phi) is 20.0. The first-order chi connectivity index (χ1) is 17.7. The highest BCUT2D eigenvalue weighted by molar-refractivity contribution is 5.70. The Morgan fingerprint density at radius 2 is 1.05 bits per heavy atom. The highest BCUT2D eigenvalue weighted by Crippen LogP contribution is 2.25. The molecule has 0 saturated carbocycles. The Labute approximate surface area is 225 Å². The van der Waals surface area contributed by atoms with Gasteiger partial charge in [-0.1, -0.05) is 77.9 Å². The summed E-state index contributed by atoms with van der Waals surface area (Å²) in [6.45, 7) is 8.83. The number of allylic oxidation sites excluding steroid dienone is 2. The second-order valence-corrected chi connectivity index (χ2v) is 10.8. The zero-order chi connectivity index (χ0) is 28.1. The van der Waals surface area contributed by atoms with Gasteiger partial charge in [0.25, 0.3) is 0 Å². The average Bonchev–Trinajstić information content (AvgIpc) is 2.86. The highest BCUT2D eigenvalue weighted by Gasteiger charge is 2.39. The van der Waals surface area contributed by atoms with Crippen molar-refractivity contribution in [3.63, 3.8) is 0 Å². The zero-order valence-electron chi connectivity index (χ0n) is 24.1. The van der Waals surface area contributed by atoms with Gasteiger partial charge in [-0.3, -0.25) is 9.59 Å². The molecule has 7 nitrogen and oxygen atoms in total. The van der Waals surface area contributed by atoms with Gasteiger partial charge in [-0.25, -0.2) is 0 Å². The first-order valence-electron chi connectivity index (χ1n) is 14.8. The molecular weight excluding hydrogens is 470 g/mol. The molecule has 37 heavy (non-hydrogen) atoms. The topological polar surface area (TPSA) is 115 Å². The Bertz CT molecular complexity index is 603. The van der Waals surface area contributed by atoms with E-state index in [0.29, 0.717) is 25.8 Å². The molecule has 0 aliphatic heterocycles. The maximum absolute atomic E-state index is 11.9. The molecule has 0 aliphatic rings. The molecule has 0 aromatic rings. The molecule has 0 saturated heterocycles. The average molecular weight is 526 g/mol. The maximum atomic E-state index is 11.9. The van der Waals surface area contributed by atoms with Crippen molar-refractivity contribution in [2.75, 3.05) is 26.2 Å². The van der Waals surface area contributed by atoms with Crippen LogP contribution in [0.25, 0.3) is 0 Å². The van der Waals surface area contributed by atoms with E-state index in [0.717, 1.165) is 25.7 Å². The molecule has 3 atom stereocenters. The van der Waals surface area contributed by atoms with E-state index in [-0.39, 0.29) is 24.1 Å². The molecule has 0 aliphatic carbocycles. The van der Waals surface area contributed by atoms with Gasteiger partial charge in [-0.15, -0.1) is 0 Å². The van der Waals surface area contributed by atoms with E-state index in [2.05, 4.69) is 19.1 Å². The molecule has 0 rings (SSSR count). The predicted molar refractivity (Wildman–Crippen MR) is 147 cm³/mol. The zero-order valence-corrected chi connectivity index (χ0v) is 24.1. The molecule has 216 valence electrons. The van der Waals surface area contributed by atoms with Crippen LogP contribution in [0.3, 0.4) is 0 Å². The van der Waals surface area contributed by atoms with Crippen molar-refractivity contribution in [1.82, 2.24) is 0 Å². The molecule has 0 spiro atoms. The number of carbonyl (C=O) groups is 3. The number of carboxylic acid groups (broad SMARTS) is 3. The summed E-state index contributed by atoms with van der Waals surface area (Å²) in [5, 5.41) is 31.3. The molecule has 2 N–H and O–H groups in total. The second-order valence-electron chi connectivity index (χ2n) is 10.8. The molecule has 7 heteroatoms. The predicted octanol–water partition coefficient (Wildman–Crippen LogP) is 5.67. The third-order valence-corrected chi connectivity index (χ3v) is 7.82. The summed E-state index contributed by atoms with van der Waals surface area (Å²) in [4.78, 5) is 35.7. The summed E-state index contributed by atoms with van der Waals surface area (Å²) >= 11 is 0. The summed E-state index contributed by atoms with van der Waals surface area (Å²) < 4.78 is 0.218. The summed E-state index contributed by atoms with van der Waals surface area (Å²) in [5.41, 5.74) is 0. The SMILES string of the molecule is C/C=C/CCCCCCCCCCCC[N+](CC(CC)C(=O)[O-])(CC(CC)C(=O)O)CC(CC)C(=O)O. The number of unbranched alkanes of at least 4 members (excludes halogenated alkanes) is 10. The van der Waals surface area contributed by atoms with Gasteiger partial charge in [-0.05, 0) is 51.9 Å². The third kappa shape index (κ3) is 15.8. The Balaban J connectivity index is 5.10. The molecule has 0 aromatic heterocycles. The molecular formula is C30H55NO6. The number of aliphatic carboxylic acids is 3. The van der Waals surface area contributed by atoms with Gasteiger partial charge in [0.05, 0.1) is 32.1 Å². The first kappa shape index (κ1) is 35.1. The monoisotopic (exact) mass is 525 g/mol. The van der Waals surface area contributed by atoms with Crippen LogP contribution >= 0.6 is 0 Å². The maximum Gasteiger partial charge on any atom is 0.312 e. The van der Waals surface area contributed by atoms with E-state index in [1.165, 1.54) is 44.9 Å². The Morgan fingerprint density at radius 3 is 1.41 bits per heavy atom. The van der Waals surface area contributed by atoms with Crippen molar-refractivity contribution in [2.45, 2.75) is 118 Å². The number of quaternary nitrogens is 1. The van der Waals surface area contributed by atoms with Crippen LogP contribution in [0.1, 0.15) is 118 Å². The number of hydrogen-bond acceptors (Lipinski definition) is 4. The van der Waals surface area contributed by atoms with Gasteiger partial charge in [0.1, 0.15) is 11.8 Å². The van der Waals surface area contributed by atoms with Crippen LogP contribution in [-0.4, -0.2) is 58.8 Å². The van der Waals surface area contributed by atoms with Crippen molar-refractivity contribution < 1.29 is 34.2 Å². The minimum absolute atomic E-state index is 0.218. The summed E-state index contributed by atoms with van der Waals surface area (Å²) in [6, 6.07) is 0. The lowest BCUT2D eigenvalue weighted by molar-refractivity contribution is -0.935. The normalized spacial score (nSPS) is 15.8. The van der Waals surface area contributed by atoms with Crippen molar-refractivity contribution in [2.24, 2.45) is 17.8 Å². The minimum Gasteiger partial charge on any atom is -0.550 e. The van der Waals surface area contributed by atoms with Gasteiger partial charge in [0, 0.05) is 5.92 Å². The summed E-state index contributed by atoms with van der Waals surface area (Å²) in [7, 11) is 0. The molecule has 3 unspecified atom stereocenters. The summed E-state index contributed by atoms with van der Waals surface area (Å²) in [6.07, 6.45) is 18.4. The standard InChI is InChI=1S/C30H55NO6/c1-5-9-10-11-12-13-14-15-16-17-18-19-20-21-31(22-25(6-2)28(32)33,23-26(7-3)29(34)35)24-27(8-4)30(36)37/h5,9,25-27H,6-8,10-24H2,1-4H3,(H2-,32,33,34,35,36,37)/b9-5+. The lowest BCUT2D eigenvalue weighted by Gasteiger charge is -2.44. The molecule has 0 heterocycles. The lowest BCUT2D eigenvalue weighted by atomic mass is 9.95. The highest BCUT2D eigenvalue weighted by atomic mass is 16.4.